The van der Waals surface area contributed by atoms with E-state index in [2.05, 4.69) is 23.1 Å². The van der Waals surface area contributed by atoms with Crippen LogP contribution in [0.4, 0.5) is 4.79 Å². The molecule has 0 fully saturated rings. The second kappa shape index (κ2) is 3.72. The van der Waals surface area contributed by atoms with Crippen molar-refractivity contribution in [2.45, 2.75) is 0 Å². The van der Waals surface area contributed by atoms with Crippen molar-refractivity contribution in [3.63, 3.8) is 0 Å². The van der Waals surface area contributed by atoms with Gasteiger partial charge in [-0.25, -0.2) is 10.2 Å². The third kappa shape index (κ3) is 2.24. The van der Waals surface area contributed by atoms with Crippen LogP contribution in [0.15, 0.2) is 24.5 Å². The van der Waals surface area contributed by atoms with Crippen molar-refractivity contribution in [3.05, 3.63) is 24.5 Å². The van der Waals surface area contributed by atoms with Crippen molar-refractivity contribution >= 4 is 23.4 Å². The molecule has 0 atom stereocenters. The Morgan fingerprint density at radius 1 is 1.33 bits per heavy atom. The number of carbonyl (C=O) groups is 1. The van der Waals surface area contributed by atoms with Crippen LogP contribution < -0.4 is 16.6 Å². The number of hydrazine groups is 1. The maximum absolute atomic E-state index is 11.1. The first-order chi connectivity index (χ1) is 5.70. The minimum absolute atomic E-state index is 0.0236. The Labute approximate surface area is 74.5 Å². The molecule has 0 aliphatic rings. The largest absolute Gasteiger partial charge is 0.375 e. The van der Waals surface area contributed by atoms with Gasteiger partial charge in [-0.05, 0) is 24.4 Å². The molecule has 1 heterocycles. The average molecular weight is 184 g/mol. The molecule has 1 aromatic rings. The van der Waals surface area contributed by atoms with Gasteiger partial charge in [-0.2, -0.15) is 0 Å². The molecule has 1 amide bonds. The molecule has 0 radical (unpaired) electrons. The molecule has 12 heavy (non-hydrogen) atoms. The van der Waals surface area contributed by atoms with Gasteiger partial charge in [-0.15, -0.1) is 0 Å². The number of nitrogens with zero attached hydrogens (tertiary/aromatic N) is 1. The van der Waals surface area contributed by atoms with Gasteiger partial charge in [0.2, 0.25) is 0 Å². The third-order valence-corrected chi connectivity index (χ3v) is 1.23. The zero-order chi connectivity index (χ0) is 8.97. The predicted octanol–water partition coefficient (Wildman–Crippen LogP) is -0.206. The van der Waals surface area contributed by atoms with Crippen LogP contribution in [-0.2, 0) is 0 Å². The molecule has 0 bridgehead atoms. The van der Waals surface area contributed by atoms with Gasteiger partial charge in [0.1, 0.15) is 0 Å². The lowest BCUT2D eigenvalue weighted by molar-refractivity contribution is 0.241. The van der Waals surface area contributed by atoms with E-state index in [0.29, 0.717) is 0 Å². The number of hydrogen-bond donors (Lipinski definition) is 3. The Balaban J connectivity index is 2.45. The highest BCUT2D eigenvalue weighted by Crippen LogP contribution is 1.87. The Kier molecular flexibility index (Phi) is 2.65. The summed E-state index contributed by atoms with van der Waals surface area (Å²) in [5.74, 6) is 0. The Hall–Kier alpha value is -1.56. The zero-order valence-electron chi connectivity index (χ0n) is 6.15. The van der Waals surface area contributed by atoms with Crippen molar-refractivity contribution in [1.82, 2.24) is 15.4 Å². The van der Waals surface area contributed by atoms with E-state index >= 15 is 0 Å². The maximum Gasteiger partial charge on any atom is 0.344 e. The van der Waals surface area contributed by atoms with Crippen LogP contribution in [0.2, 0.25) is 0 Å². The lowest BCUT2D eigenvalue weighted by Crippen LogP contribution is -2.45. The van der Waals surface area contributed by atoms with Gasteiger partial charge in [-0.3, -0.25) is 9.99 Å². The Morgan fingerprint density at radius 3 is 2.42 bits per heavy atom. The molecule has 0 unspecified atom stereocenters. The summed E-state index contributed by atoms with van der Waals surface area (Å²) in [4.78, 5) is 11.1. The molecule has 0 saturated carbocycles. The lowest BCUT2D eigenvalue weighted by Gasteiger charge is -2.05. The van der Waals surface area contributed by atoms with Crippen LogP contribution in [0, 0.1) is 0 Å². The number of rotatable bonds is 0. The molecule has 0 spiro atoms. The van der Waals surface area contributed by atoms with Crippen LogP contribution >= 0.6 is 12.2 Å². The van der Waals surface area contributed by atoms with Crippen LogP contribution in [0.5, 0.6) is 0 Å². The fourth-order valence-electron chi connectivity index (χ4n) is 0.650. The Bertz CT molecular complexity index is 282. The van der Waals surface area contributed by atoms with Gasteiger partial charge in [0.05, 0.1) is 0 Å². The van der Waals surface area contributed by atoms with Crippen LogP contribution in [0.1, 0.15) is 0 Å². The first kappa shape index (κ1) is 8.54. The van der Waals surface area contributed by atoms with Crippen LogP contribution in [-0.4, -0.2) is 15.7 Å². The topological polar surface area (TPSA) is 72.1 Å². The van der Waals surface area contributed by atoms with Crippen LogP contribution in [0.25, 0.3) is 0 Å². The summed E-state index contributed by atoms with van der Waals surface area (Å²) in [6, 6.07) is 3.13. The fourth-order valence-corrected chi connectivity index (χ4v) is 0.701. The number of carbonyl (C=O) groups excluding carboxylic acids is 1. The zero-order valence-corrected chi connectivity index (χ0v) is 6.97. The summed E-state index contributed by atoms with van der Waals surface area (Å²) >= 11 is 4.49. The Morgan fingerprint density at radius 2 is 1.92 bits per heavy atom. The van der Waals surface area contributed by atoms with Crippen molar-refractivity contribution in [1.29, 1.82) is 0 Å². The SMILES string of the molecule is NC(=S)NNC(=O)n1cccc1. The van der Waals surface area contributed by atoms with Gasteiger partial charge in [-0.1, -0.05) is 0 Å². The molecule has 0 aliphatic carbocycles. The molecule has 6 heteroatoms. The number of nitrogens with one attached hydrogen (secondary N) is 2. The van der Waals surface area contributed by atoms with Gasteiger partial charge < -0.3 is 5.73 Å². The maximum atomic E-state index is 11.1. The summed E-state index contributed by atoms with van der Waals surface area (Å²) in [6.07, 6.45) is 3.22. The predicted molar refractivity (Wildman–Crippen MR) is 48.3 cm³/mol. The summed E-state index contributed by atoms with van der Waals surface area (Å²) < 4.78 is 1.35. The summed E-state index contributed by atoms with van der Waals surface area (Å²) in [7, 11) is 0. The number of hydrogen-bond acceptors (Lipinski definition) is 2. The second-order valence-electron chi connectivity index (χ2n) is 2.01. The standard InChI is InChI=1S/C6H8N4OS/c7-5(12)8-9-6(11)10-3-1-2-4-10/h1-4H,(H,9,11)(H3,7,8,12). The summed E-state index contributed by atoms with van der Waals surface area (Å²) in [6.45, 7) is 0. The van der Waals surface area contributed by atoms with E-state index in [4.69, 9.17) is 5.73 Å². The third-order valence-electron chi connectivity index (χ3n) is 1.13. The highest BCUT2D eigenvalue weighted by molar-refractivity contribution is 7.80. The molecule has 64 valence electrons. The van der Waals surface area contributed by atoms with E-state index in [0.717, 1.165) is 0 Å². The van der Waals surface area contributed by atoms with Gasteiger partial charge >= 0.3 is 6.03 Å². The van der Waals surface area contributed by atoms with Crippen molar-refractivity contribution < 1.29 is 4.79 Å². The van der Waals surface area contributed by atoms with Gasteiger partial charge in [0.15, 0.2) is 5.11 Å². The van der Waals surface area contributed by atoms with Crippen molar-refractivity contribution in [2.75, 3.05) is 0 Å². The highest BCUT2D eigenvalue weighted by Gasteiger charge is 1.99. The highest BCUT2D eigenvalue weighted by atomic mass is 32.1. The quantitative estimate of drug-likeness (QED) is 0.385. The normalized spacial score (nSPS) is 9.00. The van der Waals surface area contributed by atoms with Gasteiger partial charge in [0, 0.05) is 12.4 Å². The van der Waals surface area contributed by atoms with E-state index in [1.165, 1.54) is 4.57 Å². The first-order valence-corrected chi connectivity index (χ1v) is 3.60. The van der Waals surface area contributed by atoms with Crippen LogP contribution in [0.3, 0.4) is 0 Å². The second-order valence-corrected chi connectivity index (χ2v) is 2.45. The molecular formula is C6H8N4OS. The number of aromatic nitrogens is 1. The van der Waals surface area contributed by atoms with Gasteiger partial charge in [0.25, 0.3) is 0 Å². The summed E-state index contributed by atoms with van der Waals surface area (Å²) in [5.41, 5.74) is 9.71. The molecule has 0 aromatic carbocycles. The minimum atomic E-state index is -0.340. The molecular weight excluding hydrogens is 176 g/mol. The molecule has 0 saturated heterocycles. The lowest BCUT2D eigenvalue weighted by atomic mass is 10.7. The average Bonchev–Trinajstić information content (AvgIpc) is 2.51. The first-order valence-electron chi connectivity index (χ1n) is 3.19. The minimum Gasteiger partial charge on any atom is -0.375 e. The number of thiocarbonyl (C=S) groups is 1. The van der Waals surface area contributed by atoms with Crippen molar-refractivity contribution in [2.24, 2.45) is 5.73 Å². The fraction of sp³-hybridized carbons (Fsp3) is 0. The number of nitrogens with two attached hydrogens (primary N) is 1. The summed E-state index contributed by atoms with van der Waals surface area (Å²) in [5, 5.41) is 0.0236. The van der Waals surface area contributed by atoms with E-state index in [1.54, 1.807) is 24.5 Å². The monoisotopic (exact) mass is 184 g/mol. The van der Waals surface area contributed by atoms with E-state index in [1.807, 2.05) is 0 Å². The smallest absolute Gasteiger partial charge is 0.344 e. The molecule has 5 nitrogen and oxygen atoms in total. The van der Waals surface area contributed by atoms with E-state index in [-0.39, 0.29) is 11.1 Å². The van der Waals surface area contributed by atoms with E-state index < -0.39 is 0 Å². The molecule has 1 rings (SSSR count). The number of amides is 1. The molecule has 4 N–H and O–H groups in total. The van der Waals surface area contributed by atoms with E-state index in [9.17, 15) is 4.79 Å². The molecule has 0 aliphatic heterocycles. The molecule has 1 aromatic heterocycles. The van der Waals surface area contributed by atoms with Crippen molar-refractivity contribution in [3.8, 4) is 0 Å².